The third-order valence-corrected chi connectivity index (χ3v) is 4.77. The minimum Gasteiger partial charge on any atom is -0.341 e. The van der Waals surface area contributed by atoms with E-state index in [0.29, 0.717) is 23.8 Å². The second-order valence-corrected chi connectivity index (χ2v) is 9.25. The molecule has 0 spiro atoms. The number of aromatic nitrogens is 2. The van der Waals surface area contributed by atoms with Crippen molar-refractivity contribution in [3.63, 3.8) is 0 Å². The minimum absolute atomic E-state index is 0.161. The molecular formula is C25H30N4O3. The number of amides is 2. The molecule has 0 bridgehead atoms. The first-order valence-corrected chi connectivity index (χ1v) is 10.7. The lowest BCUT2D eigenvalue weighted by atomic mass is 9.97. The van der Waals surface area contributed by atoms with Crippen LogP contribution in [-0.2, 0) is 15.0 Å². The number of rotatable bonds is 7. The summed E-state index contributed by atoms with van der Waals surface area (Å²) >= 11 is 0. The highest BCUT2D eigenvalue weighted by molar-refractivity contribution is 5.98. The molecule has 1 unspecified atom stereocenters. The number of nitrogens with zero attached hydrogens (tertiary/aromatic N) is 2. The maximum atomic E-state index is 13.0. The van der Waals surface area contributed by atoms with Gasteiger partial charge in [0.25, 0.3) is 5.91 Å². The van der Waals surface area contributed by atoms with Crippen molar-refractivity contribution < 1.29 is 14.1 Å². The number of carbonyl (C=O) groups excluding carboxylic acids is 2. The van der Waals surface area contributed by atoms with Gasteiger partial charge in [-0.25, -0.2) is 0 Å². The summed E-state index contributed by atoms with van der Waals surface area (Å²) < 4.78 is 5.35. The van der Waals surface area contributed by atoms with Gasteiger partial charge in [0.05, 0.1) is 0 Å². The Kier molecular flexibility index (Phi) is 7.08. The molecule has 0 fully saturated rings. The second kappa shape index (κ2) is 9.77. The molecule has 0 aliphatic rings. The Labute approximate surface area is 188 Å². The third-order valence-electron chi connectivity index (χ3n) is 4.77. The van der Waals surface area contributed by atoms with E-state index in [2.05, 4.69) is 20.8 Å². The van der Waals surface area contributed by atoms with Crippen LogP contribution in [0.4, 0.5) is 5.69 Å². The van der Waals surface area contributed by atoms with Gasteiger partial charge in [0, 0.05) is 23.1 Å². The van der Waals surface area contributed by atoms with Crippen molar-refractivity contribution in [2.75, 3.05) is 5.32 Å². The number of benzene rings is 2. The zero-order chi connectivity index (χ0) is 23.3. The second-order valence-electron chi connectivity index (χ2n) is 9.25. The highest BCUT2D eigenvalue weighted by Gasteiger charge is 2.24. The van der Waals surface area contributed by atoms with E-state index in [1.807, 2.05) is 77.1 Å². The standard InChI is InChI=1S/C25H30N4O3/c1-16(2)15-20(30)27-21(17-9-7-6-8-10-17)23(31)26-19-13-11-18(12-14-19)22-28-24(32-29-22)25(3,4)5/h6-14,16,21H,15H2,1-5H3,(H,26,31)(H,27,30). The van der Waals surface area contributed by atoms with Gasteiger partial charge in [-0.05, 0) is 35.7 Å². The number of hydrogen-bond acceptors (Lipinski definition) is 5. The van der Waals surface area contributed by atoms with E-state index in [1.54, 1.807) is 12.1 Å². The largest absolute Gasteiger partial charge is 0.341 e. The van der Waals surface area contributed by atoms with Gasteiger partial charge in [0.1, 0.15) is 6.04 Å². The summed E-state index contributed by atoms with van der Waals surface area (Å²) in [4.78, 5) is 29.8. The molecule has 168 valence electrons. The van der Waals surface area contributed by atoms with Crippen molar-refractivity contribution in [1.82, 2.24) is 15.5 Å². The van der Waals surface area contributed by atoms with Crippen molar-refractivity contribution in [1.29, 1.82) is 0 Å². The maximum absolute atomic E-state index is 13.0. The van der Waals surface area contributed by atoms with Gasteiger partial charge in [-0.2, -0.15) is 4.98 Å². The average molecular weight is 435 g/mol. The molecule has 3 rings (SSSR count). The lowest BCUT2D eigenvalue weighted by Crippen LogP contribution is -2.37. The fourth-order valence-corrected chi connectivity index (χ4v) is 3.10. The monoisotopic (exact) mass is 434 g/mol. The highest BCUT2D eigenvalue weighted by Crippen LogP contribution is 2.25. The van der Waals surface area contributed by atoms with Crippen LogP contribution in [0.1, 0.15) is 58.5 Å². The van der Waals surface area contributed by atoms with Crippen molar-refractivity contribution >= 4 is 17.5 Å². The van der Waals surface area contributed by atoms with Crippen LogP contribution in [0, 0.1) is 5.92 Å². The Morgan fingerprint density at radius 2 is 1.66 bits per heavy atom. The fourth-order valence-electron chi connectivity index (χ4n) is 3.10. The zero-order valence-corrected chi connectivity index (χ0v) is 19.2. The van der Waals surface area contributed by atoms with Crippen molar-refractivity contribution in [2.24, 2.45) is 5.92 Å². The van der Waals surface area contributed by atoms with Crippen LogP contribution in [0.5, 0.6) is 0 Å². The van der Waals surface area contributed by atoms with Gasteiger partial charge in [0.15, 0.2) is 0 Å². The van der Waals surface area contributed by atoms with Crippen LogP contribution < -0.4 is 10.6 Å². The summed E-state index contributed by atoms with van der Waals surface area (Å²) in [5.41, 5.74) is 1.88. The third kappa shape index (κ3) is 6.03. The topological polar surface area (TPSA) is 97.1 Å². The highest BCUT2D eigenvalue weighted by atomic mass is 16.5. The van der Waals surface area contributed by atoms with Gasteiger partial charge in [-0.15, -0.1) is 0 Å². The molecule has 32 heavy (non-hydrogen) atoms. The SMILES string of the molecule is CC(C)CC(=O)NC(C(=O)Nc1ccc(-c2noc(C(C)(C)C)n2)cc1)c1ccccc1. The molecule has 0 aliphatic heterocycles. The van der Waals surface area contributed by atoms with Crippen LogP contribution in [0.25, 0.3) is 11.4 Å². The summed E-state index contributed by atoms with van der Waals surface area (Å²) in [6.07, 6.45) is 0.354. The van der Waals surface area contributed by atoms with Gasteiger partial charge < -0.3 is 15.2 Å². The predicted molar refractivity (Wildman–Crippen MR) is 124 cm³/mol. The van der Waals surface area contributed by atoms with E-state index >= 15 is 0 Å². The fraction of sp³-hybridized carbons (Fsp3) is 0.360. The molecule has 1 heterocycles. The number of anilines is 1. The summed E-state index contributed by atoms with van der Waals surface area (Å²) in [5.74, 6) is 0.788. The minimum atomic E-state index is -0.784. The number of nitrogens with one attached hydrogen (secondary N) is 2. The molecule has 2 aromatic carbocycles. The molecule has 0 aliphatic carbocycles. The molecule has 1 aromatic heterocycles. The molecular weight excluding hydrogens is 404 g/mol. The van der Waals surface area contributed by atoms with Crippen LogP contribution in [0.2, 0.25) is 0 Å². The van der Waals surface area contributed by atoms with Crippen LogP contribution >= 0.6 is 0 Å². The lowest BCUT2D eigenvalue weighted by Gasteiger charge is -2.19. The molecule has 2 amide bonds. The quantitative estimate of drug-likeness (QED) is 0.553. The first-order chi connectivity index (χ1) is 15.1. The summed E-state index contributed by atoms with van der Waals surface area (Å²) in [5, 5.41) is 9.79. The Morgan fingerprint density at radius 3 is 2.22 bits per heavy atom. The van der Waals surface area contributed by atoms with Crippen molar-refractivity contribution in [3.8, 4) is 11.4 Å². The van der Waals surface area contributed by atoms with Crippen molar-refractivity contribution in [3.05, 3.63) is 66.1 Å². The molecule has 0 saturated carbocycles. The summed E-state index contributed by atoms with van der Waals surface area (Å²) in [7, 11) is 0. The summed E-state index contributed by atoms with van der Waals surface area (Å²) in [6, 6.07) is 15.6. The maximum Gasteiger partial charge on any atom is 0.251 e. The molecule has 1 atom stereocenters. The van der Waals surface area contributed by atoms with Crippen LogP contribution in [0.3, 0.4) is 0 Å². The van der Waals surface area contributed by atoms with Gasteiger partial charge in [0.2, 0.25) is 17.6 Å². The smallest absolute Gasteiger partial charge is 0.251 e. The summed E-state index contributed by atoms with van der Waals surface area (Å²) in [6.45, 7) is 9.95. The van der Waals surface area contributed by atoms with E-state index in [4.69, 9.17) is 4.52 Å². The Bertz CT molecular complexity index is 1050. The number of carbonyl (C=O) groups is 2. The predicted octanol–water partition coefficient (Wildman–Crippen LogP) is 4.88. The first kappa shape index (κ1) is 23.2. The first-order valence-electron chi connectivity index (χ1n) is 10.7. The molecule has 2 N–H and O–H groups in total. The molecule has 7 heteroatoms. The van der Waals surface area contributed by atoms with E-state index in [1.165, 1.54) is 0 Å². The Hall–Kier alpha value is -3.48. The Morgan fingerprint density at radius 1 is 1.00 bits per heavy atom. The number of hydrogen-bond donors (Lipinski definition) is 2. The van der Waals surface area contributed by atoms with E-state index < -0.39 is 6.04 Å². The lowest BCUT2D eigenvalue weighted by molar-refractivity contribution is -0.127. The normalized spacial score (nSPS) is 12.4. The van der Waals surface area contributed by atoms with Crippen molar-refractivity contribution in [2.45, 2.75) is 52.5 Å². The molecule has 0 radical (unpaired) electrons. The molecule has 3 aromatic rings. The van der Waals surface area contributed by atoms with Crippen LogP contribution in [0.15, 0.2) is 59.1 Å². The Balaban J connectivity index is 1.74. The van der Waals surface area contributed by atoms with E-state index in [-0.39, 0.29) is 23.1 Å². The molecule has 7 nitrogen and oxygen atoms in total. The van der Waals surface area contributed by atoms with E-state index in [0.717, 1.165) is 11.1 Å². The van der Waals surface area contributed by atoms with Gasteiger partial charge in [-0.1, -0.05) is 70.1 Å². The van der Waals surface area contributed by atoms with E-state index in [9.17, 15) is 9.59 Å². The van der Waals surface area contributed by atoms with Crippen LogP contribution in [-0.4, -0.2) is 22.0 Å². The average Bonchev–Trinajstić information content (AvgIpc) is 3.23. The van der Waals surface area contributed by atoms with Gasteiger partial charge >= 0.3 is 0 Å². The molecule has 0 saturated heterocycles. The zero-order valence-electron chi connectivity index (χ0n) is 19.2. The van der Waals surface area contributed by atoms with Gasteiger partial charge in [-0.3, -0.25) is 9.59 Å².